The van der Waals surface area contributed by atoms with Crippen LogP contribution in [-0.4, -0.2) is 51.5 Å². The summed E-state index contributed by atoms with van der Waals surface area (Å²) in [6.45, 7) is 4.88. The molecule has 0 aliphatic heterocycles. The molecule has 2 rings (SSSR count). The molecular formula is C25H30N4O4. The second-order valence-electron chi connectivity index (χ2n) is 7.14. The lowest BCUT2D eigenvalue weighted by Crippen LogP contribution is -2.46. The average molecular weight is 451 g/mol. The third-order valence-corrected chi connectivity index (χ3v) is 4.63. The Bertz CT molecular complexity index is 917. The van der Waals surface area contributed by atoms with Crippen LogP contribution in [0.25, 0.3) is 0 Å². The van der Waals surface area contributed by atoms with Crippen LogP contribution in [0.2, 0.25) is 0 Å². The second kappa shape index (κ2) is 15.3. The Morgan fingerprint density at radius 2 is 1.39 bits per heavy atom. The van der Waals surface area contributed by atoms with Crippen LogP contribution in [0.3, 0.4) is 0 Å². The summed E-state index contributed by atoms with van der Waals surface area (Å²) >= 11 is 0. The Kier molecular flexibility index (Phi) is 11.9. The molecule has 0 amide bonds. The molecule has 1 atom stereocenters. The summed E-state index contributed by atoms with van der Waals surface area (Å²) in [6, 6.07) is 17.7. The molecule has 1 unspecified atom stereocenters. The summed E-state index contributed by atoms with van der Waals surface area (Å²) in [7, 11) is 0. The maximum absolute atomic E-state index is 12.2. The van der Waals surface area contributed by atoms with Gasteiger partial charge in [-0.25, -0.2) is 0 Å². The molecule has 0 radical (unpaired) electrons. The van der Waals surface area contributed by atoms with E-state index in [2.05, 4.69) is 22.8 Å². The summed E-state index contributed by atoms with van der Waals surface area (Å²) in [5.41, 5.74) is 1.19. The number of rotatable bonds is 15. The first kappa shape index (κ1) is 25.7. The van der Waals surface area contributed by atoms with E-state index in [0.29, 0.717) is 62.8 Å². The van der Waals surface area contributed by atoms with Crippen molar-refractivity contribution in [3.05, 3.63) is 59.7 Å². The highest BCUT2D eigenvalue weighted by Gasteiger charge is 2.18. The largest absolute Gasteiger partial charge is 0.494 e. The molecule has 0 fully saturated rings. The van der Waals surface area contributed by atoms with Gasteiger partial charge in [-0.2, -0.15) is 10.5 Å². The van der Waals surface area contributed by atoms with E-state index in [1.165, 1.54) is 0 Å². The highest BCUT2D eigenvalue weighted by Crippen LogP contribution is 2.12. The minimum atomic E-state index is -0.445. The van der Waals surface area contributed by atoms with Crippen molar-refractivity contribution < 1.29 is 19.0 Å². The van der Waals surface area contributed by atoms with Gasteiger partial charge in [0.05, 0.1) is 43.1 Å². The van der Waals surface area contributed by atoms with E-state index < -0.39 is 6.04 Å². The number of nitrogens with zero attached hydrogens (tertiary/aromatic N) is 2. The lowest BCUT2D eigenvalue weighted by molar-refractivity contribution is -0.145. The lowest BCUT2D eigenvalue weighted by Gasteiger charge is -2.18. The van der Waals surface area contributed by atoms with Crippen molar-refractivity contribution in [3.8, 4) is 23.6 Å². The van der Waals surface area contributed by atoms with Gasteiger partial charge in [-0.3, -0.25) is 4.79 Å². The number of nitrogens with one attached hydrogen (secondary N) is 2. The monoisotopic (exact) mass is 450 g/mol. The van der Waals surface area contributed by atoms with Gasteiger partial charge in [0.1, 0.15) is 17.5 Å². The van der Waals surface area contributed by atoms with Gasteiger partial charge in [0.25, 0.3) is 0 Å². The number of carbonyl (C=O) groups excluding carboxylic acids is 1. The predicted molar refractivity (Wildman–Crippen MR) is 124 cm³/mol. The van der Waals surface area contributed by atoms with Gasteiger partial charge in [0.15, 0.2) is 0 Å². The van der Waals surface area contributed by atoms with Crippen LogP contribution in [-0.2, 0) is 9.53 Å². The van der Waals surface area contributed by atoms with Crippen molar-refractivity contribution in [3.63, 3.8) is 0 Å². The minimum absolute atomic E-state index is 0.285. The van der Waals surface area contributed by atoms with Gasteiger partial charge in [-0.1, -0.05) is 0 Å². The van der Waals surface area contributed by atoms with E-state index >= 15 is 0 Å². The molecule has 0 bridgehead atoms. The number of hydrogen-bond acceptors (Lipinski definition) is 8. The molecule has 0 aromatic heterocycles. The van der Waals surface area contributed by atoms with Crippen molar-refractivity contribution in [2.45, 2.75) is 25.8 Å². The average Bonchev–Trinajstić information content (AvgIpc) is 2.85. The van der Waals surface area contributed by atoms with E-state index in [0.717, 1.165) is 12.2 Å². The van der Waals surface area contributed by atoms with Crippen LogP contribution in [0, 0.1) is 22.7 Å². The van der Waals surface area contributed by atoms with Crippen LogP contribution in [0.4, 0.5) is 0 Å². The van der Waals surface area contributed by atoms with Gasteiger partial charge in [0.2, 0.25) is 0 Å². The fourth-order valence-corrected chi connectivity index (χ4v) is 2.91. The number of hydrogen-bond donors (Lipinski definition) is 2. The Morgan fingerprint density at radius 3 is 1.88 bits per heavy atom. The van der Waals surface area contributed by atoms with Crippen molar-refractivity contribution in [1.82, 2.24) is 10.6 Å². The van der Waals surface area contributed by atoms with Gasteiger partial charge in [-0.15, -0.1) is 0 Å². The fourth-order valence-electron chi connectivity index (χ4n) is 2.91. The summed E-state index contributed by atoms with van der Waals surface area (Å²) in [5, 5.41) is 24.1. The SMILES string of the molecule is CCOC(=O)C(CNCCCOc1ccc(C#N)cc1)NCCCOc1ccc(C#N)cc1. The standard InChI is InChI=1S/C25H30N4O4/c1-2-31-25(30)24(29-14-4-16-33-23-11-7-21(18-27)8-12-23)19-28-13-3-15-32-22-9-5-20(17-26)6-10-22/h5-12,24,28-29H,2-4,13-16,19H2,1H3. The number of esters is 1. The Labute approximate surface area is 195 Å². The summed E-state index contributed by atoms with van der Waals surface area (Å²) in [4.78, 5) is 12.2. The zero-order valence-corrected chi connectivity index (χ0v) is 18.9. The highest BCUT2D eigenvalue weighted by molar-refractivity contribution is 5.76. The number of ether oxygens (including phenoxy) is 3. The molecular weight excluding hydrogens is 420 g/mol. The Balaban J connectivity index is 1.62. The van der Waals surface area contributed by atoms with E-state index in [4.69, 9.17) is 24.7 Å². The zero-order chi connectivity index (χ0) is 23.7. The summed E-state index contributed by atoms with van der Waals surface area (Å²) in [6.07, 6.45) is 1.49. The fraction of sp³-hybridized carbons (Fsp3) is 0.400. The lowest BCUT2D eigenvalue weighted by atomic mass is 10.2. The molecule has 2 aromatic carbocycles. The molecule has 0 aliphatic rings. The quantitative estimate of drug-likeness (QED) is 0.314. The predicted octanol–water partition coefficient (Wildman–Crippen LogP) is 2.78. The number of nitriles is 2. The maximum Gasteiger partial charge on any atom is 0.324 e. The van der Waals surface area contributed by atoms with E-state index in [1.54, 1.807) is 55.5 Å². The molecule has 0 aliphatic carbocycles. The van der Waals surface area contributed by atoms with Crippen LogP contribution < -0.4 is 20.1 Å². The van der Waals surface area contributed by atoms with Crippen LogP contribution in [0.5, 0.6) is 11.5 Å². The third kappa shape index (κ3) is 10.0. The van der Waals surface area contributed by atoms with Gasteiger partial charge in [-0.05, 0) is 81.4 Å². The van der Waals surface area contributed by atoms with E-state index in [1.807, 2.05) is 0 Å². The van der Waals surface area contributed by atoms with Gasteiger partial charge in [0, 0.05) is 6.54 Å². The molecule has 2 aromatic rings. The number of carbonyl (C=O) groups is 1. The Morgan fingerprint density at radius 1 is 0.879 bits per heavy atom. The first-order valence-corrected chi connectivity index (χ1v) is 11.0. The number of benzene rings is 2. The van der Waals surface area contributed by atoms with Crippen LogP contribution >= 0.6 is 0 Å². The molecule has 2 N–H and O–H groups in total. The van der Waals surface area contributed by atoms with Gasteiger partial charge < -0.3 is 24.8 Å². The zero-order valence-electron chi connectivity index (χ0n) is 18.9. The summed E-state index contributed by atoms with van der Waals surface area (Å²) < 4.78 is 16.5. The first-order valence-electron chi connectivity index (χ1n) is 11.0. The topological polar surface area (TPSA) is 116 Å². The van der Waals surface area contributed by atoms with Crippen LogP contribution in [0.1, 0.15) is 30.9 Å². The molecule has 33 heavy (non-hydrogen) atoms. The summed E-state index contributed by atoms with van der Waals surface area (Å²) in [5.74, 6) is 1.15. The van der Waals surface area contributed by atoms with Crippen molar-refractivity contribution in [2.24, 2.45) is 0 Å². The molecule has 0 spiro atoms. The first-order chi connectivity index (χ1) is 16.2. The van der Waals surface area contributed by atoms with Gasteiger partial charge >= 0.3 is 5.97 Å². The van der Waals surface area contributed by atoms with E-state index in [-0.39, 0.29) is 5.97 Å². The molecule has 0 saturated carbocycles. The Hall–Kier alpha value is -3.59. The molecule has 8 nitrogen and oxygen atoms in total. The van der Waals surface area contributed by atoms with Crippen molar-refractivity contribution in [2.75, 3.05) is 39.5 Å². The molecule has 0 saturated heterocycles. The van der Waals surface area contributed by atoms with E-state index in [9.17, 15) is 4.79 Å². The van der Waals surface area contributed by atoms with Crippen molar-refractivity contribution in [1.29, 1.82) is 10.5 Å². The molecule has 0 heterocycles. The smallest absolute Gasteiger partial charge is 0.324 e. The highest BCUT2D eigenvalue weighted by atomic mass is 16.5. The molecule has 8 heteroatoms. The normalized spacial score (nSPS) is 11.1. The second-order valence-corrected chi connectivity index (χ2v) is 7.14. The maximum atomic E-state index is 12.2. The third-order valence-electron chi connectivity index (χ3n) is 4.63. The molecule has 174 valence electrons. The van der Waals surface area contributed by atoms with Crippen LogP contribution in [0.15, 0.2) is 48.5 Å². The minimum Gasteiger partial charge on any atom is -0.494 e. The van der Waals surface area contributed by atoms with Crippen molar-refractivity contribution >= 4 is 5.97 Å².